The Bertz CT molecular complexity index is 1230. The van der Waals surface area contributed by atoms with Crippen LogP contribution in [0.4, 0.5) is 30.2 Å². The van der Waals surface area contributed by atoms with Gasteiger partial charge in [-0.25, -0.2) is 0 Å². The van der Waals surface area contributed by atoms with Gasteiger partial charge < -0.3 is 15.1 Å². The largest absolute Gasteiger partial charge is 0.504 e. The second kappa shape index (κ2) is 8.16. The minimum atomic E-state index is -4.66. The number of phenolic OH excluding ortho intramolecular Hbond substituents is 2. The van der Waals surface area contributed by atoms with Gasteiger partial charge in [0.15, 0.2) is 11.5 Å². The summed E-state index contributed by atoms with van der Waals surface area (Å²) in [5.41, 5.74) is -0.510. The number of phenols is 2. The van der Waals surface area contributed by atoms with Gasteiger partial charge in [0.05, 0.1) is 16.9 Å². The molecule has 0 saturated carbocycles. The van der Waals surface area contributed by atoms with Crippen molar-refractivity contribution in [1.82, 2.24) is 0 Å². The lowest BCUT2D eigenvalue weighted by molar-refractivity contribution is -0.137. The fourth-order valence-electron chi connectivity index (χ4n) is 3.91. The van der Waals surface area contributed by atoms with Crippen LogP contribution in [0.15, 0.2) is 66.7 Å². The summed E-state index contributed by atoms with van der Waals surface area (Å²) in [5.74, 6) is -3.86. The number of hydrogen-bond donors (Lipinski definition) is 2. The van der Waals surface area contributed by atoms with Gasteiger partial charge in [-0.05, 0) is 55.0 Å². The van der Waals surface area contributed by atoms with E-state index in [1.807, 2.05) is 0 Å². The third-order valence-corrected chi connectivity index (χ3v) is 5.48. The summed E-state index contributed by atoms with van der Waals surface area (Å²) in [6, 6.07) is 14.5. The van der Waals surface area contributed by atoms with Gasteiger partial charge in [-0.15, -0.1) is 0 Å². The Morgan fingerprint density at radius 3 is 2.15 bits per heavy atom. The quantitative estimate of drug-likeness (QED) is 0.433. The Morgan fingerprint density at radius 2 is 1.55 bits per heavy atom. The zero-order valence-corrected chi connectivity index (χ0v) is 17.4. The van der Waals surface area contributed by atoms with E-state index in [0.717, 1.165) is 29.2 Å². The fraction of sp³-hybridized carbons (Fsp3) is 0.167. The topological polar surface area (TPSA) is 81.1 Å². The second-order valence-corrected chi connectivity index (χ2v) is 7.47. The molecule has 2 amide bonds. The maximum Gasteiger partial charge on any atom is 0.416 e. The standard InChI is InChI=1S/C24H19F3N2O4/c1-2-28-17-10-9-15(24(25,26)27)13-18(17)29(16-6-4-3-5-7-16)23(33)21(22(28)32)14-8-11-19(30)20(31)12-14/h3-13,21,30-31H,2H2,1H3. The second-order valence-electron chi connectivity index (χ2n) is 7.47. The van der Waals surface area contributed by atoms with Crippen molar-refractivity contribution in [2.45, 2.75) is 19.0 Å². The lowest BCUT2D eigenvalue weighted by Gasteiger charge is -2.26. The van der Waals surface area contributed by atoms with E-state index in [9.17, 15) is 33.0 Å². The van der Waals surface area contributed by atoms with Crippen LogP contribution in [0.3, 0.4) is 0 Å². The molecule has 0 radical (unpaired) electrons. The molecule has 0 aromatic heterocycles. The van der Waals surface area contributed by atoms with E-state index < -0.39 is 41.0 Å². The van der Waals surface area contributed by atoms with Gasteiger partial charge in [0.1, 0.15) is 5.92 Å². The molecule has 0 aliphatic carbocycles. The first kappa shape index (κ1) is 22.2. The Balaban J connectivity index is 2.00. The first-order valence-electron chi connectivity index (χ1n) is 10.1. The van der Waals surface area contributed by atoms with Crippen molar-refractivity contribution in [3.63, 3.8) is 0 Å². The van der Waals surface area contributed by atoms with Crippen LogP contribution < -0.4 is 9.80 Å². The average Bonchev–Trinajstić information content (AvgIpc) is 2.86. The van der Waals surface area contributed by atoms with Gasteiger partial charge in [0.2, 0.25) is 11.8 Å². The molecule has 4 rings (SSSR count). The van der Waals surface area contributed by atoms with Gasteiger partial charge in [-0.3, -0.25) is 14.5 Å². The highest BCUT2D eigenvalue weighted by atomic mass is 19.4. The van der Waals surface area contributed by atoms with E-state index in [1.165, 1.54) is 17.0 Å². The van der Waals surface area contributed by atoms with E-state index in [0.29, 0.717) is 0 Å². The molecule has 1 atom stereocenters. The smallest absolute Gasteiger partial charge is 0.416 e. The SMILES string of the molecule is CCN1C(=O)C(c2ccc(O)c(O)c2)C(=O)N(c2ccccc2)c2cc(C(F)(F)F)ccc21. The summed E-state index contributed by atoms with van der Waals surface area (Å²) in [6.07, 6.45) is -4.66. The number of amides is 2. The lowest BCUT2D eigenvalue weighted by atomic mass is 9.95. The maximum atomic E-state index is 13.8. The number of hydrogen-bond acceptors (Lipinski definition) is 4. The molecule has 0 spiro atoms. The first-order valence-corrected chi connectivity index (χ1v) is 10.1. The monoisotopic (exact) mass is 456 g/mol. The highest BCUT2D eigenvalue weighted by molar-refractivity contribution is 6.23. The number of likely N-dealkylation sites (N-methyl/N-ethyl adjacent to an activating group) is 1. The summed E-state index contributed by atoms with van der Waals surface area (Å²) >= 11 is 0. The van der Waals surface area contributed by atoms with Crippen LogP contribution >= 0.6 is 0 Å². The molecule has 9 heteroatoms. The zero-order chi connectivity index (χ0) is 23.9. The summed E-state index contributed by atoms with van der Waals surface area (Å²) in [4.78, 5) is 29.6. The number of carbonyl (C=O) groups is 2. The minimum Gasteiger partial charge on any atom is -0.504 e. The molecule has 1 aliphatic rings. The van der Waals surface area contributed by atoms with E-state index in [1.54, 1.807) is 37.3 Å². The van der Waals surface area contributed by atoms with Crippen molar-refractivity contribution >= 4 is 28.9 Å². The van der Waals surface area contributed by atoms with Gasteiger partial charge in [0.25, 0.3) is 0 Å². The molecule has 1 unspecified atom stereocenters. The van der Waals surface area contributed by atoms with Crippen LogP contribution in [0, 0.1) is 0 Å². The molecule has 0 bridgehead atoms. The fourth-order valence-corrected chi connectivity index (χ4v) is 3.91. The Morgan fingerprint density at radius 1 is 0.848 bits per heavy atom. The molecule has 0 saturated heterocycles. The molecule has 170 valence electrons. The average molecular weight is 456 g/mol. The predicted octanol–water partition coefficient (Wildman–Crippen LogP) is 4.93. The van der Waals surface area contributed by atoms with Crippen LogP contribution in [0.1, 0.15) is 24.0 Å². The molecular weight excluding hydrogens is 437 g/mol. The number of carbonyl (C=O) groups excluding carboxylic acids is 2. The molecule has 1 aliphatic heterocycles. The number of halogens is 3. The number of fused-ring (bicyclic) bond motifs is 1. The molecule has 2 N–H and O–H groups in total. The minimum absolute atomic E-state index is 0.0817. The molecule has 1 heterocycles. The van der Waals surface area contributed by atoms with Gasteiger partial charge in [-0.2, -0.15) is 13.2 Å². The zero-order valence-electron chi connectivity index (χ0n) is 17.4. The van der Waals surface area contributed by atoms with Crippen molar-refractivity contribution in [2.24, 2.45) is 0 Å². The molecular formula is C24H19F3N2O4. The van der Waals surface area contributed by atoms with Crippen molar-refractivity contribution < 1.29 is 33.0 Å². The maximum absolute atomic E-state index is 13.8. The van der Waals surface area contributed by atoms with Crippen LogP contribution in [0.5, 0.6) is 11.5 Å². The van der Waals surface area contributed by atoms with Crippen LogP contribution in [-0.2, 0) is 15.8 Å². The number of alkyl halides is 3. The molecule has 3 aromatic carbocycles. The third-order valence-electron chi connectivity index (χ3n) is 5.48. The van der Waals surface area contributed by atoms with Gasteiger partial charge in [-0.1, -0.05) is 24.3 Å². The Kier molecular flexibility index (Phi) is 5.49. The molecule has 0 fully saturated rings. The van der Waals surface area contributed by atoms with Crippen LogP contribution in [0.25, 0.3) is 0 Å². The number of nitrogens with zero attached hydrogens (tertiary/aromatic N) is 2. The van der Waals surface area contributed by atoms with Crippen molar-refractivity contribution in [1.29, 1.82) is 0 Å². The number of aromatic hydroxyl groups is 2. The number of anilines is 3. The Labute approximate surface area is 187 Å². The molecule has 3 aromatic rings. The predicted molar refractivity (Wildman–Crippen MR) is 116 cm³/mol. The Hall–Kier alpha value is -4.01. The number of para-hydroxylation sites is 1. The van der Waals surface area contributed by atoms with E-state index in [-0.39, 0.29) is 29.2 Å². The third kappa shape index (κ3) is 3.86. The van der Waals surface area contributed by atoms with Crippen LogP contribution in [0.2, 0.25) is 0 Å². The van der Waals surface area contributed by atoms with E-state index in [4.69, 9.17) is 0 Å². The van der Waals surface area contributed by atoms with Crippen molar-refractivity contribution in [3.8, 4) is 11.5 Å². The summed E-state index contributed by atoms with van der Waals surface area (Å²) in [6.45, 7) is 1.74. The van der Waals surface area contributed by atoms with E-state index in [2.05, 4.69) is 0 Å². The van der Waals surface area contributed by atoms with Crippen LogP contribution in [-0.4, -0.2) is 28.6 Å². The van der Waals surface area contributed by atoms with Crippen molar-refractivity contribution in [2.75, 3.05) is 16.3 Å². The number of rotatable bonds is 3. The normalized spacial score (nSPS) is 16.5. The van der Waals surface area contributed by atoms with Gasteiger partial charge >= 0.3 is 6.18 Å². The summed E-state index contributed by atoms with van der Waals surface area (Å²) in [7, 11) is 0. The summed E-state index contributed by atoms with van der Waals surface area (Å²) < 4.78 is 40.6. The highest BCUT2D eigenvalue weighted by Crippen LogP contribution is 2.44. The summed E-state index contributed by atoms with van der Waals surface area (Å²) in [5, 5.41) is 19.6. The number of benzene rings is 3. The highest BCUT2D eigenvalue weighted by Gasteiger charge is 2.43. The molecule has 6 nitrogen and oxygen atoms in total. The van der Waals surface area contributed by atoms with Gasteiger partial charge in [0, 0.05) is 12.2 Å². The van der Waals surface area contributed by atoms with E-state index >= 15 is 0 Å². The van der Waals surface area contributed by atoms with Crippen molar-refractivity contribution in [3.05, 3.63) is 77.9 Å². The lowest BCUT2D eigenvalue weighted by Crippen LogP contribution is -2.39. The molecule has 33 heavy (non-hydrogen) atoms. The first-order chi connectivity index (χ1) is 15.6.